The van der Waals surface area contributed by atoms with Gasteiger partial charge >= 0.3 is 0 Å². The Morgan fingerprint density at radius 1 is 1.23 bits per heavy atom. The summed E-state index contributed by atoms with van der Waals surface area (Å²) in [5.74, 6) is 0. The Kier molecular flexibility index (Phi) is 6.35. The van der Waals surface area contributed by atoms with Crippen molar-refractivity contribution in [2.75, 3.05) is 33.7 Å². The first kappa shape index (κ1) is 12.9. The van der Waals surface area contributed by atoms with E-state index in [9.17, 15) is 0 Å². The van der Waals surface area contributed by atoms with Crippen LogP contribution in [0.1, 0.15) is 33.6 Å². The summed E-state index contributed by atoms with van der Waals surface area (Å²) in [6.45, 7) is 10.3. The summed E-state index contributed by atoms with van der Waals surface area (Å²) < 4.78 is 0. The first-order valence-corrected chi connectivity index (χ1v) is 5.33. The minimum absolute atomic E-state index is 0.456. The molecule has 0 aliphatic carbocycles. The zero-order valence-corrected chi connectivity index (χ0v) is 9.98. The summed E-state index contributed by atoms with van der Waals surface area (Å²) in [5, 5.41) is 3.51. The molecule has 0 heterocycles. The molecule has 0 fully saturated rings. The van der Waals surface area contributed by atoms with Gasteiger partial charge in [0.25, 0.3) is 0 Å². The molecular weight excluding hydrogens is 160 g/mol. The lowest BCUT2D eigenvalue weighted by molar-refractivity contribution is 0.321. The molecule has 2 nitrogen and oxygen atoms in total. The van der Waals surface area contributed by atoms with E-state index in [1.54, 1.807) is 0 Å². The average Bonchev–Trinajstić information content (AvgIpc) is 2.03. The van der Waals surface area contributed by atoms with Gasteiger partial charge in [-0.1, -0.05) is 20.8 Å². The van der Waals surface area contributed by atoms with Crippen LogP contribution in [-0.4, -0.2) is 38.6 Å². The summed E-state index contributed by atoms with van der Waals surface area (Å²) in [7, 11) is 4.24. The predicted molar refractivity (Wildman–Crippen MR) is 60.1 cm³/mol. The molecule has 0 atom stereocenters. The highest BCUT2D eigenvalue weighted by atomic mass is 15.1. The summed E-state index contributed by atoms with van der Waals surface area (Å²) in [5.41, 5.74) is 0.456. The van der Waals surface area contributed by atoms with Crippen molar-refractivity contribution in [2.45, 2.75) is 33.6 Å². The fraction of sp³-hybridized carbons (Fsp3) is 1.00. The topological polar surface area (TPSA) is 15.3 Å². The number of nitrogens with zero attached hydrogens (tertiary/aromatic N) is 1. The van der Waals surface area contributed by atoms with E-state index < -0.39 is 0 Å². The lowest BCUT2D eigenvalue weighted by Gasteiger charge is -2.23. The van der Waals surface area contributed by atoms with E-state index in [2.05, 4.69) is 45.1 Å². The Bertz CT molecular complexity index is 119. The van der Waals surface area contributed by atoms with Crippen LogP contribution in [0.25, 0.3) is 0 Å². The fourth-order valence-electron chi connectivity index (χ4n) is 1.07. The molecule has 0 aliphatic heterocycles. The first-order valence-electron chi connectivity index (χ1n) is 5.33. The number of nitrogens with one attached hydrogen (secondary N) is 1. The average molecular weight is 186 g/mol. The van der Waals surface area contributed by atoms with E-state index in [1.807, 2.05) is 0 Å². The number of hydrogen-bond acceptors (Lipinski definition) is 2. The van der Waals surface area contributed by atoms with Crippen molar-refractivity contribution in [1.29, 1.82) is 0 Å². The maximum Gasteiger partial charge on any atom is 0.000242 e. The lowest BCUT2D eigenvalue weighted by atomic mass is 9.90. The zero-order chi connectivity index (χ0) is 10.3. The quantitative estimate of drug-likeness (QED) is 0.612. The minimum Gasteiger partial charge on any atom is -0.316 e. The zero-order valence-electron chi connectivity index (χ0n) is 9.98. The van der Waals surface area contributed by atoms with Crippen molar-refractivity contribution in [1.82, 2.24) is 10.2 Å². The van der Waals surface area contributed by atoms with Crippen molar-refractivity contribution in [3.63, 3.8) is 0 Å². The molecule has 0 aromatic heterocycles. The molecule has 0 saturated heterocycles. The summed E-state index contributed by atoms with van der Waals surface area (Å²) in [6, 6.07) is 0. The Labute approximate surface area is 83.7 Å². The van der Waals surface area contributed by atoms with Crippen LogP contribution in [0.2, 0.25) is 0 Å². The van der Waals surface area contributed by atoms with Gasteiger partial charge in [-0.3, -0.25) is 0 Å². The summed E-state index contributed by atoms with van der Waals surface area (Å²) in [6.07, 6.45) is 2.49. The number of hydrogen-bond donors (Lipinski definition) is 1. The van der Waals surface area contributed by atoms with E-state index in [1.165, 1.54) is 19.4 Å². The predicted octanol–water partition coefficient (Wildman–Crippen LogP) is 1.96. The van der Waals surface area contributed by atoms with Crippen molar-refractivity contribution in [2.24, 2.45) is 5.41 Å². The summed E-state index contributed by atoms with van der Waals surface area (Å²) in [4.78, 5) is 2.23. The van der Waals surface area contributed by atoms with Crippen LogP contribution in [0.4, 0.5) is 0 Å². The van der Waals surface area contributed by atoms with E-state index in [0.717, 1.165) is 13.1 Å². The van der Waals surface area contributed by atoms with Crippen LogP contribution in [-0.2, 0) is 0 Å². The van der Waals surface area contributed by atoms with Crippen LogP contribution in [0.3, 0.4) is 0 Å². The molecular formula is C11H26N2. The van der Waals surface area contributed by atoms with Crippen molar-refractivity contribution in [3.8, 4) is 0 Å². The van der Waals surface area contributed by atoms with Crippen LogP contribution in [0, 0.1) is 5.41 Å². The largest absolute Gasteiger partial charge is 0.316 e. The van der Waals surface area contributed by atoms with E-state index in [4.69, 9.17) is 0 Å². The second-order valence-electron chi connectivity index (χ2n) is 4.85. The van der Waals surface area contributed by atoms with Crippen LogP contribution >= 0.6 is 0 Å². The van der Waals surface area contributed by atoms with E-state index in [-0.39, 0.29) is 0 Å². The van der Waals surface area contributed by atoms with Crippen molar-refractivity contribution < 1.29 is 0 Å². The smallest absolute Gasteiger partial charge is 0.000242 e. The highest BCUT2D eigenvalue weighted by Crippen LogP contribution is 2.17. The molecule has 0 saturated carbocycles. The van der Waals surface area contributed by atoms with Crippen LogP contribution in [0.5, 0.6) is 0 Å². The maximum absolute atomic E-state index is 3.51. The summed E-state index contributed by atoms with van der Waals surface area (Å²) >= 11 is 0. The Morgan fingerprint density at radius 3 is 2.31 bits per heavy atom. The van der Waals surface area contributed by atoms with Gasteiger partial charge in [-0.15, -0.1) is 0 Å². The first-order chi connectivity index (χ1) is 5.98. The lowest BCUT2D eigenvalue weighted by Crippen LogP contribution is -2.30. The molecule has 0 spiro atoms. The van der Waals surface area contributed by atoms with Gasteiger partial charge in [0.2, 0.25) is 0 Å². The minimum atomic E-state index is 0.456. The molecule has 0 aromatic rings. The third-order valence-corrected chi connectivity index (χ3v) is 2.52. The van der Waals surface area contributed by atoms with Crippen LogP contribution in [0.15, 0.2) is 0 Å². The van der Waals surface area contributed by atoms with E-state index in [0.29, 0.717) is 5.41 Å². The van der Waals surface area contributed by atoms with Gasteiger partial charge in [-0.25, -0.2) is 0 Å². The molecule has 0 bridgehead atoms. The van der Waals surface area contributed by atoms with Gasteiger partial charge in [-0.2, -0.15) is 0 Å². The molecule has 0 radical (unpaired) electrons. The second kappa shape index (κ2) is 6.39. The van der Waals surface area contributed by atoms with Crippen LogP contribution < -0.4 is 5.32 Å². The molecule has 0 aromatic carbocycles. The Balaban J connectivity index is 3.26. The Morgan fingerprint density at radius 2 is 1.85 bits per heavy atom. The molecule has 0 aliphatic rings. The monoisotopic (exact) mass is 186 g/mol. The highest BCUT2D eigenvalue weighted by Gasteiger charge is 2.13. The molecule has 13 heavy (non-hydrogen) atoms. The second-order valence-corrected chi connectivity index (χ2v) is 4.85. The van der Waals surface area contributed by atoms with Gasteiger partial charge < -0.3 is 10.2 Å². The molecule has 0 unspecified atom stereocenters. The van der Waals surface area contributed by atoms with Crippen molar-refractivity contribution >= 4 is 0 Å². The molecule has 1 N–H and O–H groups in total. The van der Waals surface area contributed by atoms with Gasteiger partial charge in [0.15, 0.2) is 0 Å². The SMILES string of the molecule is CCC(C)(C)CNCCCN(C)C. The normalized spacial score (nSPS) is 12.5. The Hall–Kier alpha value is -0.0800. The van der Waals surface area contributed by atoms with Gasteiger partial charge in [-0.05, 0) is 45.4 Å². The molecule has 0 rings (SSSR count). The highest BCUT2D eigenvalue weighted by molar-refractivity contribution is 4.69. The van der Waals surface area contributed by atoms with E-state index >= 15 is 0 Å². The fourth-order valence-corrected chi connectivity index (χ4v) is 1.07. The van der Waals surface area contributed by atoms with Gasteiger partial charge in [0.05, 0.1) is 0 Å². The van der Waals surface area contributed by atoms with Gasteiger partial charge in [0.1, 0.15) is 0 Å². The molecule has 0 amide bonds. The third kappa shape index (κ3) is 8.26. The molecule has 80 valence electrons. The standard InChI is InChI=1S/C11H26N2/c1-6-11(2,3)10-12-8-7-9-13(4)5/h12H,6-10H2,1-5H3. The third-order valence-electron chi connectivity index (χ3n) is 2.52. The van der Waals surface area contributed by atoms with Crippen molar-refractivity contribution in [3.05, 3.63) is 0 Å². The molecule has 2 heteroatoms. The van der Waals surface area contributed by atoms with Gasteiger partial charge in [0, 0.05) is 6.54 Å². The maximum atomic E-state index is 3.51. The number of rotatable bonds is 7.